The number of carbonyl (C=O) groups excluding carboxylic acids is 1. The number of rotatable bonds is 4. The molecule has 0 radical (unpaired) electrons. The van der Waals surface area contributed by atoms with E-state index in [1.807, 2.05) is 14.0 Å². The van der Waals surface area contributed by atoms with Crippen molar-refractivity contribution in [2.24, 2.45) is 17.9 Å². The van der Waals surface area contributed by atoms with Crippen molar-refractivity contribution < 1.29 is 9.63 Å². The summed E-state index contributed by atoms with van der Waals surface area (Å²) in [5, 5.41) is 13.4. The molecule has 1 fully saturated rings. The fourth-order valence-corrected chi connectivity index (χ4v) is 3.87. The number of primary amides is 1. The van der Waals surface area contributed by atoms with Crippen LogP contribution < -0.4 is 11.1 Å². The van der Waals surface area contributed by atoms with Crippen molar-refractivity contribution in [3.05, 3.63) is 17.5 Å². The number of pyridine rings is 1. The van der Waals surface area contributed by atoms with Gasteiger partial charge in [0.1, 0.15) is 0 Å². The minimum absolute atomic E-state index is 0.328. The Kier molecular flexibility index (Phi) is 3.86. The highest BCUT2D eigenvalue weighted by Crippen LogP contribution is 2.35. The molecule has 2 aliphatic rings. The molecule has 1 atom stereocenters. The Morgan fingerprint density at radius 3 is 2.81 bits per heavy atom. The van der Waals surface area contributed by atoms with E-state index < -0.39 is 11.5 Å². The van der Waals surface area contributed by atoms with Gasteiger partial charge in [0.2, 0.25) is 5.60 Å². The van der Waals surface area contributed by atoms with Gasteiger partial charge in [0, 0.05) is 31.3 Å². The number of amides is 1. The number of hydrogen-bond donors (Lipinski definition) is 2. The van der Waals surface area contributed by atoms with Crippen LogP contribution in [0.4, 0.5) is 5.69 Å². The largest absolute Gasteiger partial charge is 0.381 e. The summed E-state index contributed by atoms with van der Waals surface area (Å²) in [7, 11) is 1.89. The summed E-state index contributed by atoms with van der Waals surface area (Å²) in [6, 6.07) is 0.421. The smallest absolute Gasteiger partial charge is 0.264 e. The third-order valence-electron chi connectivity index (χ3n) is 5.43. The second-order valence-corrected chi connectivity index (χ2v) is 7.48. The van der Waals surface area contributed by atoms with Crippen LogP contribution in [0.5, 0.6) is 0 Å². The number of hydrogen-bond acceptors (Lipinski definition) is 6. The molecule has 1 aliphatic heterocycles. The van der Waals surface area contributed by atoms with E-state index in [1.54, 1.807) is 17.8 Å². The first-order chi connectivity index (χ1) is 12.4. The van der Waals surface area contributed by atoms with Gasteiger partial charge in [0.25, 0.3) is 5.91 Å². The van der Waals surface area contributed by atoms with E-state index in [2.05, 4.69) is 20.6 Å². The molecular formula is C18H24N6O2. The Hall–Kier alpha value is -2.64. The van der Waals surface area contributed by atoms with Gasteiger partial charge in [-0.2, -0.15) is 5.10 Å². The number of carbonyl (C=O) groups is 1. The summed E-state index contributed by atoms with van der Waals surface area (Å²) in [5.41, 5.74) is 8.61. The molecule has 0 aromatic carbocycles. The monoisotopic (exact) mass is 356 g/mol. The average molecular weight is 356 g/mol. The summed E-state index contributed by atoms with van der Waals surface area (Å²) in [4.78, 5) is 21.7. The van der Waals surface area contributed by atoms with Gasteiger partial charge < -0.3 is 15.9 Å². The summed E-state index contributed by atoms with van der Waals surface area (Å²) in [5.74, 6) is -0.520. The molecule has 4 rings (SSSR count). The van der Waals surface area contributed by atoms with E-state index in [-0.39, 0.29) is 0 Å². The fraction of sp³-hybridized carbons (Fsp3) is 0.556. The van der Waals surface area contributed by atoms with Crippen LogP contribution in [0, 0.1) is 6.92 Å². The summed E-state index contributed by atoms with van der Waals surface area (Å²) in [6.45, 7) is 3.64. The van der Waals surface area contributed by atoms with Gasteiger partial charge in [-0.05, 0) is 26.7 Å². The van der Waals surface area contributed by atoms with Crippen molar-refractivity contribution in [1.29, 1.82) is 0 Å². The molecule has 1 amide bonds. The highest BCUT2D eigenvalue weighted by Gasteiger charge is 2.41. The molecule has 8 heteroatoms. The van der Waals surface area contributed by atoms with Crippen molar-refractivity contribution in [2.75, 3.05) is 5.32 Å². The highest BCUT2D eigenvalue weighted by molar-refractivity contribution is 6.12. The normalized spacial score (nSPS) is 23.3. The van der Waals surface area contributed by atoms with E-state index in [4.69, 9.17) is 10.6 Å². The Bertz CT molecular complexity index is 912. The molecular weight excluding hydrogens is 332 g/mol. The van der Waals surface area contributed by atoms with E-state index in [1.165, 1.54) is 12.8 Å². The Morgan fingerprint density at radius 2 is 2.15 bits per heavy atom. The maximum atomic E-state index is 11.7. The third kappa shape index (κ3) is 2.60. The predicted octanol–water partition coefficient (Wildman–Crippen LogP) is 2.00. The summed E-state index contributed by atoms with van der Waals surface area (Å²) >= 11 is 0. The zero-order valence-electron chi connectivity index (χ0n) is 15.4. The minimum Gasteiger partial charge on any atom is -0.381 e. The quantitative estimate of drug-likeness (QED) is 0.871. The van der Waals surface area contributed by atoms with Gasteiger partial charge in [-0.15, -0.1) is 0 Å². The van der Waals surface area contributed by atoms with Crippen LogP contribution in [-0.2, 0) is 16.7 Å². The number of nitrogens with one attached hydrogen (secondary N) is 1. The molecule has 3 heterocycles. The lowest BCUT2D eigenvalue weighted by molar-refractivity contribution is -0.138. The van der Waals surface area contributed by atoms with Gasteiger partial charge >= 0.3 is 0 Å². The number of aryl methyl sites for hydroxylation is 2. The number of nitrogens with two attached hydrogens (primary N) is 1. The molecule has 2 aromatic heterocycles. The minimum atomic E-state index is -1.11. The van der Waals surface area contributed by atoms with E-state index >= 15 is 0 Å². The lowest BCUT2D eigenvalue weighted by Gasteiger charge is -2.19. The van der Waals surface area contributed by atoms with Gasteiger partial charge in [-0.3, -0.25) is 9.48 Å². The molecule has 1 unspecified atom stereocenters. The van der Waals surface area contributed by atoms with Crippen LogP contribution in [0.3, 0.4) is 0 Å². The number of aromatic nitrogens is 3. The lowest BCUT2D eigenvalue weighted by atomic mass is 9.94. The van der Waals surface area contributed by atoms with Crippen molar-refractivity contribution in [3.63, 3.8) is 0 Å². The Morgan fingerprint density at radius 1 is 1.42 bits per heavy atom. The van der Waals surface area contributed by atoms with Gasteiger partial charge in [-0.25, -0.2) is 4.98 Å². The first-order valence-electron chi connectivity index (χ1n) is 9.03. The molecule has 0 saturated heterocycles. The topological polar surface area (TPSA) is 107 Å². The lowest BCUT2D eigenvalue weighted by Crippen LogP contribution is -2.41. The zero-order valence-corrected chi connectivity index (χ0v) is 15.4. The molecule has 26 heavy (non-hydrogen) atoms. The third-order valence-corrected chi connectivity index (χ3v) is 5.43. The number of oxime groups is 1. The van der Waals surface area contributed by atoms with E-state index in [0.29, 0.717) is 18.2 Å². The standard InChI is InChI=1S/C18H24N6O2/c1-10-14-15(21-11-6-4-5-7-11)12(9-20-16(14)24(3)22-10)13-8-18(2,17(19)25)26-23-13/h9,11H,4-8H2,1-3H3,(H2,19,25)(H,20,21). The average Bonchev–Trinajstić information content (AvgIpc) is 3.30. The molecule has 1 aliphatic carbocycles. The molecule has 2 aromatic rings. The van der Waals surface area contributed by atoms with E-state index in [9.17, 15) is 4.79 Å². The summed E-state index contributed by atoms with van der Waals surface area (Å²) in [6.07, 6.45) is 6.87. The Balaban J connectivity index is 1.81. The maximum Gasteiger partial charge on any atom is 0.264 e. The second kappa shape index (κ2) is 5.96. The van der Waals surface area contributed by atoms with E-state index in [0.717, 1.165) is 40.8 Å². The second-order valence-electron chi connectivity index (χ2n) is 7.48. The molecule has 0 bridgehead atoms. The molecule has 138 valence electrons. The van der Waals surface area contributed by atoms with Gasteiger partial charge in [0.05, 0.1) is 22.5 Å². The Labute approximate surface area is 151 Å². The SMILES string of the molecule is Cc1nn(C)c2ncc(C3=NOC(C)(C(N)=O)C3)c(NC3CCCC3)c12. The van der Waals surface area contributed by atoms with Crippen molar-refractivity contribution >= 4 is 28.3 Å². The van der Waals surface area contributed by atoms with Crippen molar-refractivity contribution in [3.8, 4) is 0 Å². The van der Waals surface area contributed by atoms with Gasteiger partial charge in [-0.1, -0.05) is 18.0 Å². The predicted molar refractivity (Wildman–Crippen MR) is 99.0 cm³/mol. The number of nitrogens with zero attached hydrogens (tertiary/aromatic N) is 4. The maximum absolute atomic E-state index is 11.7. The first kappa shape index (κ1) is 16.8. The van der Waals surface area contributed by atoms with Crippen LogP contribution in [0.1, 0.15) is 50.3 Å². The number of fused-ring (bicyclic) bond motifs is 1. The fourth-order valence-electron chi connectivity index (χ4n) is 3.87. The van der Waals surface area contributed by atoms with Crippen LogP contribution in [0.15, 0.2) is 11.4 Å². The molecule has 8 nitrogen and oxygen atoms in total. The molecule has 3 N–H and O–H groups in total. The van der Waals surface area contributed by atoms with Crippen LogP contribution in [0.25, 0.3) is 11.0 Å². The molecule has 0 spiro atoms. The summed E-state index contributed by atoms with van der Waals surface area (Å²) < 4.78 is 1.79. The van der Waals surface area contributed by atoms with Crippen molar-refractivity contribution in [1.82, 2.24) is 14.8 Å². The zero-order chi connectivity index (χ0) is 18.5. The van der Waals surface area contributed by atoms with Crippen LogP contribution >= 0.6 is 0 Å². The van der Waals surface area contributed by atoms with Gasteiger partial charge in [0.15, 0.2) is 5.65 Å². The number of anilines is 1. The molecule has 1 saturated carbocycles. The highest BCUT2D eigenvalue weighted by atomic mass is 16.7. The first-order valence-corrected chi connectivity index (χ1v) is 9.03. The van der Waals surface area contributed by atoms with Crippen LogP contribution in [-0.4, -0.2) is 38.0 Å². The van der Waals surface area contributed by atoms with Crippen molar-refractivity contribution in [2.45, 2.75) is 57.6 Å². The van der Waals surface area contributed by atoms with Crippen LogP contribution in [0.2, 0.25) is 0 Å².